The van der Waals surface area contributed by atoms with E-state index in [-0.39, 0.29) is 0 Å². The monoisotopic (exact) mass is 412 g/mol. The van der Waals surface area contributed by atoms with Gasteiger partial charge in [0.1, 0.15) is 0 Å². The Bertz CT molecular complexity index is 994. The summed E-state index contributed by atoms with van der Waals surface area (Å²) in [6.45, 7) is 0. The van der Waals surface area contributed by atoms with Crippen molar-refractivity contribution in [3.63, 3.8) is 0 Å². The first-order valence-electron chi connectivity index (χ1n) is 8.00. The van der Waals surface area contributed by atoms with Crippen molar-refractivity contribution < 1.29 is 0 Å². The molecule has 0 saturated carbocycles. The van der Waals surface area contributed by atoms with Gasteiger partial charge in [-0.3, -0.25) is 9.97 Å². The predicted molar refractivity (Wildman–Crippen MR) is 119 cm³/mol. The quantitative estimate of drug-likeness (QED) is 0.258. The summed E-state index contributed by atoms with van der Waals surface area (Å²) in [5.74, 6) is 0. The van der Waals surface area contributed by atoms with Crippen LogP contribution in [0.2, 0.25) is 0 Å². The second-order valence-electron chi connectivity index (χ2n) is 5.51. The Hall–Kier alpha value is -1.34. The van der Waals surface area contributed by atoms with Gasteiger partial charge in [0, 0.05) is 42.7 Å². The number of hydrogen-bond acceptors (Lipinski definition) is 6. The van der Waals surface area contributed by atoms with E-state index in [0.29, 0.717) is 0 Å². The summed E-state index contributed by atoms with van der Waals surface area (Å²) < 4.78 is 0. The van der Waals surface area contributed by atoms with Gasteiger partial charge in [-0.15, -0.1) is 23.5 Å². The van der Waals surface area contributed by atoms with E-state index in [1.165, 1.54) is 30.4 Å². The standard InChI is InChI=1S/C20H16N2S4/c1-23-17-11-21-15-9-5-3-7-13(15)19(17)25-26-20-14-8-4-6-10-16(14)22-12-18(20)24-2/h3-12H,1-2H3. The van der Waals surface area contributed by atoms with Crippen molar-refractivity contribution >= 4 is 66.9 Å². The lowest BCUT2D eigenvalue weighted by molar-refractivity contribution is 1.20. The second-order valence-corrected chi connectivity index (χ2v) is 9.36. The van der Waals surface area contributed by atoms with Gasteiger partial charge in [-0.05, 0) is 24.6 Å². The maximum Gasteiger partial charge on any atom is 0.0714 e. The fourth-order valence-electron chi connectivity index (χ4n) is 2.74. The van der Waals surface area contributed by atoms with Gasteiger partial charge in [-0.1, -0.05) is 58.0 Å². The number of benzene rings is 2. The van der Waals surface area contributed by atoms with E-state index < -0.39 is 0 Å². The van der Waals surface area contributed by atoms with Crippen molar-refractivity contribution in [2.75, 3.05) is 12.5 Å². The summed E-state index contributed by atoms with van der Waals surface area (Å²) in [5.41, 5.74) is 2.08. The molecule has 2 aromatic carbocycles. The first kappa shape index (κ1) is 18.0. The lowest BCUT2D eigenvalue weighted by atomic mass is 10.2. The minimum atomic E-state index is 1.04. The van der Waals surface area contributed by atoms with E-state index in [9.17, 15) is 0 Å². The van der Waals surface area contributed by atoms with Crippen molar-refractivity contribution in [2.45, 2.75) is 19.6 Å². The smallest absolute Gasteiger partial charge is 0.0714 e. The van der Waals surface area contributed by atoms with Gasteiger partial charge in [0.05, 0.1) is 11.0 Å². The first-order valence-corrected chi connectivity index (χ1v) is 12.6. The first-order chi connectivity index (χ1) is 12.8. The highest BCUT2D eigenvalue weighted by atomic mass is 33.1. The lowest BCUT2D eigenvalue weighted by Crippen LogP contribution is -1.87. The third kappa shape index (κ3) is 3.43. The van der Waals surface area contributed by atoms with Gasteiger partial charge >= 0.3 is 0 Å². The van der Waals surface area contributed by atoms with Crippen molar-refractivity contribution in [1.29, 1.82) is 0 Å². The molecule has 0 radical (unpaired) electrons. The van der Waals surface area contributed by atoms with Crippen LogP contribution in [0.25, 0.3) is 21.8 Å². The van der Waals surface area contributed by atoms with Crippen LogP contribution in [0.15, 0.2) is 80.5 Å². The number of fused-ring (bicyclic) bond motifs is 2. The van der Waals surface area contributed by atoms with Crippen LogP contribution >= 0.6 is 45.1 Å². The topological polar surface area (TPSA) is 25.8 Å². The molecule has 0 N–H and O–H groups in total. The minimum Gasteiger partial charge on any atom is -0.255 e. The number of hydrogen-bond donors (Lipinski definition) is 0. The largest absolute Gasteiger partial charge is 0.255 e. The Labute approximate surface area is 169 Å². The molecule has 0 fully saturated rings. The van der Waals surface area contributed by atoms with E-state index in [1.54, 1.807) is 23.5 Å². The van der Waals surface area contributed by atoms with Crippen LogP contribution in [-0.2, 0) is 0 Å². The van der Waals surface area contributed by atoms with E-state index in [0.717, 1.165) is 11.0 Å². The van der Waals surface area contributed by atoms with Crippen LogP contribution < -0.4 is 0 Å². The molecule has 0 aliphatic carbocycles. The fraction of sp³-hybridized carbons (Fsp3) is 0.100. The normalized spacial score (nSPS) is 11.3. The van der Waals surface area contributed by atoms with E-state index in [4.69, 9.17) is 0 Å². The van der Waals surface area contributed by atoms with Crippen LogP contribution in [0.1, 0.15) is 0 Å². The number of thioether (sulfide) groups is 2. The zero-order valence-corrected chi connectivity index (χ0v) is 17.6. The average Bonchev–Trinajstić information content (AvgIpc) is 2.71. The number of pyridine rings is 2. The molecule has 0 bridgehead atoms. The second kappa shape index (κ2) is 8.13. The van der Waals surface area contributed by atoms with Gasteiger partial charge in [0.15, 0.2) is 0 Å². The van der Waals surface area contributed by atoms with E-state index in [1.807, 2.05) is 46.1 Å². The Kier molecular flexibility index (Phi) is 5.64. The third-order valence-corrected chi connectivity index (χ3v) is 8.34. The molecule has 0 spiro atoms. The lowest BCUT2D eigenvalue weighted by Gasteiger charge is -2.13. The molecular weight excluding hydrogens is 397 g/mol. The molecule has 2 nitrogen and oxygen atoms in total. The number of aromatic nitrogens is 2. The molecule has 0 aliphatic heterocycles. The number of rotatable bonds is 5. The van der Waals surface area contributed by atoms with Crippen molar-refractivity contribution in [1.82, 2.24) is 9.97 Å². The van der Waals surface area contributed by atoms with Crippen LogP contribution in [-0.4, -0.2) is 22.5 Å². The summed E-state index contributed by atoms with van der Waals surface area (Å²) in [4.78, 5) is 14.2. The molecule has 0 unspecified atom stereocenters. The van der Waals surface area contributed by atoms with Crippen LogP contribution in [0, 0.1) is 0 Å². The minimum absolute atomic E-state index is 1.04. The van der Waals surface area contributed by atoms with Crippen LogP contribution in [0.4, 0.5) is 0 Å². The van der Waals surface area contributed by atoms with E-state index in [2.05, 4.69) is 58.9 Å². The van der Waals surface area contributed by atoms with Gasteiger partial charge in [-0.2, -0.15) is 0 Å². The third-order valence-electron chi connectivity index (χ3n) is 4.03. The van der Waals surface area contributed by atoms with Gasteiger partial charge < -0.3 is 0 Å². The molecule has 0 amide bonds. The molecule has 2 heterocycles. The fourth-order valence-corrected chi connectivity index (χ4v) is 7.25. The predicted octanol–water partition coefficient (Wildman–Crippen LogP) is 7.03. The number of para-hydroxylation sites is 2. The maximum absolute atomic E-state index is 4.59. The zero-order valence-electron chi connectivity index (χ0n) is 14.3. The molecule has 4 aromatic rings. The summed E-state index contributed by atoms with van der Waals surface area (Å²) in [6, 6.07) is 16.7. The Morgan fingerprint density at radius 1 is 0.615 bits per heavy atom. The molecular formula is C20H16N2S4. The Morgan fingerprint density at radius 2 is 1.04 bits per heavy atom. The summed E-state index contributed by atoms with van der Waals surface area (Å²) in [5, 5.41) is 2.42. The Balaban J connectivity index is 1.79. The molecule has 2 aromatic heterocycles. The van der Waals surface area contributed by atoms with Gasteiger partial charge in [0.2, 0.25) is 0 Å². The summed E-state index contributed by atoms with van der Waals surface area (Å²) in [6.07, 6.45) is 8.18. The highest BCUT2D eigenvalue weighted by Gasteiger charge is 2.14. The van der Waals surface area contributed by atoms with Gasteiger partial charge in [-0.25, -0.2) is 0 Å². The van der Waals surface area contributed by atoms with Gasteiger partial charge in [0.25, 0.3) is 0 Å². The van der Waals surface area contributed by atoms with Crippen molar-refractivity contribution in [3.8, 4) is 0 Å². The maximum atomic E-state index is 4.59. The Morgan fingerprint density at radius 3 is 1.46 bits per heavy atom. The molecule has 0 atom stereocenters. The molecule has 130 valence electrons. The van der Waals surface area contributed by atoms with Crippen LogP contribution in [0.3, 0.4) is 0 Å². The molecule has 0 aliphatic rings. The van der Waals surface area contributed by atoms with E-state index >= 15 is 0 Å². The van der Waals surface area contributed by atoms with Crippen molar-refractivity contribution in [2.24, 2.45) is 0 Å². The SMILES string of the molecule is CSc1cnc2ccccc2c1SSc1c(SC)cnc2ccccc12. The average molecular weight is 413 g/mol. The molecule has 26 heavy (non-hydrogen) atoms. The highest BCUT2D eigenvalue weighted by molar-refractivity contribution is 8.76. The van der Waals surface area contributed by atoms with Crippen molar-refractivity contribution in [3.05, 3.63) is 60.9 Å². The molecule has 4 rings (SSSR count). The molecule has 0 saturated heterocycles. The number of nitrogens with zero attached hydrogens (tertiary/aromatic N) is 2. The summed E-state index contributed by atoms with van der Waals surface area (Å²) in [7, 11) is 3.63. The summed E-state index contributed by atoms with van der Waals surface area (Å²) >= 11 is 3.49. The molecule has 6 heteroatoms. The highest BCUT2D eigenvalue weighted by Crippen LogP contribution is 2.48. The van der Waals surface area contributed by atoms with Crippen LogP contribution in [0.5, 0.6) is 0 Å². The zero-order chi connectivity index (χ0) is 17.9.